The molecule has 5 heteroatoms. The number of nitrogens with zero attached hydrogens (tertiary/aromatic N) is 2. The molecule has 4 rings (SSSR count). The Morgan fingerprint density at radius 2 is 2.00 bits per heavy atom. The van der Waals surface area contributed by atoms with Gasteiger partial charge in [-0.15, -0.1) is 0 Å². The Balaban J connectivity index is 1.52. The lowest BCUT2D eigenvalue weighted by Crippen LogP contribution is -2.27. The lowest BCUT2D eigenvalue weighted by atomic mass is 9.96. The van der Waals surface area contributed by atoms with Gasteiger partial charge in [-0.3, -0.25) is 10.4 Å². The van der Waals surface area contributed by atoms with Crippen LogP contribution in [0, 0.1) is 0 Å². The standard InChI is InChI=1S/C17H20N4S/c1-2-6-12(7-3-1)19-17-21-20-16(11-22-17)14-10-18-15-9-5-4-8-13(14)15/h4-5,8-10,12,18H,1-3,6-7,11H2,(H,19,21). The highest BCUT2D eigenvalue weighted by Crippen LogP contribution is 2.24. The molecule has 1 fully saturated rings. The first-order valence-electron chi connectivity index (χ1n) is 8.00. The van der Waals surface area contributed by atoms with Crippen LogP contribution in [0.4, 0.5) is 0 Å². The zero-order valence-electron chi connectivity index (χ0n) is 12.5. The Bertz CT molecular complexity index is 725. The molecule has 4 nitrogen and oxygen atoms in total. The van der Waals surface area contributed by atoms with E-state index < -0.39 is 0 Å². The molecular weight excluding hydrogens is 292 g/mol. The van der Waals surface area contributed by atoms with Gasteiger partial charge in [-0.2, -0.15) is 5.10 Å². The van der Waals surface area contributed by atoms with Crippen LogP contribution in [-0.2, 0) is 0 Å². The highest BCUT2D eigenvalue weighted by molar-refractivity contribution is 8.14. The van der Waals surface area contributed by atoms with E-state index in [2.05, 4.69) is 39.9 Å². The second-order valence-corrected chi connectivity index (χ2v) is 6.90. The second-order valence-electron chi connectivity index (χ2n) is 5.93. The fourth-order valence-electron chi connectivity index (χ4n) is 3.21. The molecule has 2 N–H and O–H groups in total. The summed E-state index contributed by atoms with van der Waals surface area (Å²) in [5.74, 6) is 0.875. The van der Waals surface area contributed by atoms with Crippen molar-refractivity contribution in [2.75, 3.05) is 5.75 Å². The minimum Gasteiger partial charge on any atom is -0.360 e. The van der Waals surface area contributed by atoms with Gasteiger partial charge in [-0.1, -0.05) is 49.2 Å². The predicted molar refractivity (Wildman–Crippen MR) is 94.7 cm³/mol. The third-order valence-electron chi connectivity index (χ3n) is 4.41. The number of nitrogens with one attached hydrogen (secondary N) is 2. The summed E-state index contributed by atoms with van der Waals surface area (Å²) in [6.45, 7) is 0. The van der Waals surface area contributed by atoms with Gasteiger partial charge in [0.25, 0.3) is 0 Å². The number of para-hydroxylation sites is 1. The number of aromatic nitrogens is 1. The molecule has 1 aromatic carbocycles. The number of amidine groups is 1. The fraction of sp³-hybridized carbons (Fsp3) is 0.412. The van der Waals surface area contributed by atoms with Gasteiger partial charge in [0.15, 0.2) is 5.17 Å². The summed E-state index contributed by atoms with van der Waals surface area (Å²) in [5, 5.41) is 6.78. The molecule has 0 atom stereocenters. The number of hydrogen-bond acceptors (Lipinski definition) is 3. The molecule has 0 bridgehead atoms. The molecule has 1 saturated carbocycles. The number of fused-ring (bicyclic) bond motifs is 1. The first kappa shape index (κ1) is 13.9. The third kappa shape index (κ3) is 2.77. The van der Waals surface area contributed by atoms with Gasteiger partial charge < -0.3 is 4.98 Å². The van der Waals surface area contributed by atoms with Crippen LogP contribution in [0.5, 0.6) is 0 Å². The molecule has 2 heterocycles. The summed E-state index contributed by atoms with van der Waals surface area (Å²) < 4.78 is 0. The average molecular weight is 312 g/mol. The highest BCUT2D eigenvalue weighted by Gasteiger charge is 2.18. The molecule has 2 aliphatic rings. The summed E-state index contributed by atoms with van der Waals surface area (Å²) in [6, 6.07) is 8.85. The first-order valence-corrected chi connectivity index (χ1v) is 8.98. The van der Waals surface area contributed by atoms with Crippen molar-refractivity contribution in [1.82, 2.24) is 10.4 Å². The van der Waals surface area contributed by atoms with Crippen LogP contribution in [0.2, 0.25) is 0 Å². The molecular formula is C17H20N4S. The molecule has 0 amide bonds. The Morgan fingerprint density at radius 1 is 1.14 bits per heavy atom. The van der Waals surface area contributed by atoms with Gasteiger partial charge in [-0.25, -0.2) is 0 Å². The maximum atomic E-state index is 4.83. The van der Waals surface area contributed by atoms with Crippen molar-refractivity contribution in [2.45, 2.75) is 38.1 Å². The van der Waals surface area contributed by atoms with Gasteiger partial charge in [0.05, 0.1) is 11.8 Å². The van der Waals surface area contributed by atoms with Crippen LogP contribution < -0.4 is 5.43 Å². The van der Waals surface area contributed by atoms with Crippen LogP contribution in [0.1, 0.15) is 37.7 Å². The molecule has 22 heavy (non-hydrogen) atoms. The molecule has 2 aromatic rings. The van der Waals surface area contributed by atoms with Crippen molar-refractivity contribution < 1.29 is 0 Å². The molecule has 1 aliphatic heterocycles. The molecule has 1 aliphatic carbocycles. The SMILES string of the molecule is c1ccc2c(C3=NNC(=NC4CCCCC4)SC3)c[nH]c2c1. The minimum atomic E-state index is 0.494. The molecule has 0 saturated heterocycles. The van der Waals surface area contributed by atoms with Gasteiger partial charge in [0.2, 0.25) is 0 Å². The Hall–Kier alpha value is -1.75. The maximum Gasteiger partial charge on any atom is 0.177 e. The van der Waals surface area contributed by atoms with E-state index in [4.69, 9.17) is 4.99 Å². The van der Waals surface area contributed by atoms with Crippen molar-refractivity contribution in [3.63, 3.8) is 0 Å². The summed E-state index contributed by atoms with van der Waals surface area (Å²) in [7, 11) is 0. The van der Waals surface area contributed by atoms with Crippen molar-refractivity contribution >= 4 is 33.5 Å². The quantitative estimate of drug-likeness (QED) is 0.883. The highest BCUT2D eigenvalue weighted by atomic mass is 32.2. The molecule has 0 radical (unpaired) electrons. The van der Waals surface area contributed by atoms with Crippen LogP contribution in [0.25, 0.3) is 10.9 Å². The third-order valence-corrected chi connectivity index (χ3v) is 5.29. The Morgan fingerprint density at radius 3 is 2.82 bits per heavy atom. The summed E-state index contributed by atoms with van der Waals surface area (Å²) in [4.78, 5) is 8.14. The number of aromatic amines is 1. The Labute approximate surface area is 134 Å². The zero-order chi connectivity index (χ0) is 14.8. The normalized spacial score (nSPS) is 21.8. The van der Waals surface area contributed by atoms with Crippen molar-refractivity contribution in [2.24, 2.45) is 10.1 Å². The van der Waals surface area contributed by atoms with E-state index in [9.17, 15) is 0 Å². The van der Waals surface area contributed by atoms with E-state index in [0.29, 0.717) is 6.04 Å². The zero-order valence-corrected chi connectivity index (χ0v) is 13.3. The molecule has 0 unspecified atom stereocenters. The van der Waals surface area contributed by atoms with Crippen LogP contribution >= 0.6 is 11.8 Å². The summed E-state index contributed by atoms with van der Waals surface area (Å²) >= 11 is 1.77. The number of hydrogen-bond donors (Lipinski definition) is 2. The van der Waals surface area contributed by atoms with E-state index >= 15 is 0 Å². The van der Waals surface area contributed by atoms with Crippen molar-refractivity contribution in [3.8, 4) is 0 Å². The van der Waals surface area contributed by atoms with E-state index in [1.807, 2.05) is 6.07 Å². The lowest BCUT2D eigenvalue weighted by molar-refractivity contribution is 0.443. The van der Waals surface area contributed by atoms with Gasteiger partial charge in [0, 0.05) is 28.4 Å². The van der Waals surface area contributed by atoms with E-state index in [1.54, 1.807) is 11.8 Å². The Kier molecular flexibility index (Phi) is 3.89. The van der Waals surface area contributed by atoms with Crippen LogP contribution in [-0.4, -0.2) is 27.7 Å². The van der Waals surface area contributed by atoms with Crippen LogP contribution in [0.15, 0.2) is 40.6 Å². The summed E-state index contributed by atoms with van der Waals surface area (Å²) in [5.41, 5.74) is 6.59. The number of H-pyrrole nitrogens is 1. The predicted octanol–water partition coefficient (Wildman–Crippen LogP) is 3.90. The summed E-state index contributed by atoms with van der Waals surface area (Å²) in [6.07, 6.45) is 8.50. The minimum absolute atomic E-state index is 0.494. The van der Waals surface area contributed by atoms with Gasteiger partial charge in [0.1, 0.15) is 0 Å². The number of hydrazone groups is 1. The van der Waals surface area contributed by atoms with Crippen molar-refractivity contribution in [3.05, 3.63) is 36.0 Å². The monoisotopic (exact) mass is 312 g/mol. The molecule has 1 aromatic heterocycles. The van der Waals surface area contributed by atoms with Gasteiger partial charge in [-0.05, 0) is 18.9 Å². The molecule has 114 valence electrons. The number of benzene rings is 1. The number of thioether (sulfide) groups is 1. The average Bonchev–Trinajstić information content (AvgIpc) is 3.01. The number of rotatable bonds is 2. The smallest absolute Gasteiger partial charge is 0.177 e. The van der Waals surface area contributed by atoms with Crippen LogP contribution in [0.3, 0.4) is 0 Å². The van der Waals surface area contributed by atoms with E-state index in [1.165, 1.54) is 43.1 Å². The second kappa shape index (κ2) is 6.16. The maximum absolute atomic E-state index is 4.83. The van der Waals surface area contributed by atoms with E-state index in [-0.39, 0.29) is 0 Å². The topological polar surface area (TPSA) is 52.5 Å². The fourth-order valence-corrected chi connectivity index (χ4v) is 4.03. The first-order chi connectivity index (χ1) is 10.9. The lowest BCUT2D eigenvalue weighted by Gasteiger charge is -2.20. The largest absolute Gasteiger partial charge is 0.360 e. The molecule has 0 spiro atoms. The van der Waals surface area contributed by atoms with Gasteiger partial charge >= 0.3 is 0 Å². The van der Waals surface area contributed by atoms with E-state index in [0.717, 1.165) is 22.1 Å². The van der Waals surface area contributed by atoms with Crippen molar-refractivity contribution in [1.29, 1.82) is 0 Å². The number of aliphatic imine (C=N–C) groups is 1.